The molecule has 2 N–H and O–H groups in total. The van der Waals surface area contributed by atoms with Crippen molar-refractivity contribution in [1.29, 1.82) is 0 Å². The van der Waals surface area contributed by atoms with Gasteiger partial charge in [-0.25, -0.2) is 14.6 Å². The first kappa shape index (κ1) is 15.2. The van der Waals surface area contributed by atoms with Crippen molar-refractivity contribution in [2.24, 2.45) is 0 Å². The summed E-state index contributed by atoms with van der Waals surface area (Å²) in [6, 6.07) is 0. The molecule has 0 amide bonds. The largest absolute Gasteiger partial charge is 0.462 e. The van der Waals surface area contributed by atoms with E-state index in [1.165, 1.54) is 0 Å². The number of carbonyl (C=O) groups is 2. The van der Waals surface area contributed by atoms with Crippen LogP contribution in [0.5, 0.6) is 0 Å². The van der Waals surface area contributed by atoms with E-state index in [1.807, 2.05) is 0 Å². The minimum atomic E-state index is -0.707. The van der Waals surface area contributed by atoms with Gasteiger partial charge in [-0.2, -0.15) is 0 Å². The number of rotatable bonds is 4. The van der Waals surface area contributed by atoms with Gasteiger partial charge in [-0.05, 0) is 20.8 Å². The minimum Gasteiger partial charge on any atom is -0.462 e. The van der Waals surface area contributed by atoms with Crippen LogP contribution in [0.2, 0.25) is 5.02 Å². The molecular formula is C12H15ClN2O4. The van der Waals surface area contributed by atoms with Crippen molar-refractivity contribution in [1.82, 2.24) is 4.98 Å². The Morgan fingerprint density at radius 1 is 1.21 bits per heavy atom. The summed E-state index contributed by atoms with van der Waals surface area (Å²) < 4.78 is 9.68. The molecule has 1 heterocycles. The maximum atomic E-state index is 11.8. The van der Waals surface area contributed by atoms with Crippen molar-refractivity contribution < 1.29 is 19.1 Å². The third-order valence-corrected chi connectivity index (χ3v) is 2.68. The molecule has 7 heteroatoms. The smallest absolute Gasteiger partial charge is 0.358 e. The summed E-state index contributed by atoms with van der Waals surface area (Å²) in [4.78, 5) is 27.5. The Hall–Kier alpha value is -1.82. The second-order valence-corrected chi connectivity index (χ2v) is 3.97. The van der Waals surface area contributed by atoms with Crippen LogP contribution in [-0.2, 0) is 9.47 Å². The van der Waals surface area contributed by atoms with E-state index < -0.39 is 11.9 Å². The van der Waals surface area contributed by atoms with Crippen LogP contribution in [0, 0.1) is 6.92 Å². The predicted molar refractivity (Wildman–Crippen MR) is 70.3 cm³/mol. The highest BCUT2D eigenvalue weighted by Crippen LogP contribution is 2.28. The monoisotopic (exact) mass is 286 g/mol. The first-order chi connectivity index (χ1) is 8.93. The van der Waals surface area contributed by atoms with E-state index >= 15 is 0 Å². The van der Waals surface area contributed by atoms with Crippen molar-refractivity contribution in [2.45, 2.75) is 20.8 Å². The number of ether oxygens (including phenoxy) is 2. The number of esters is 2. The van der Waals surface area contributed by atoms with E-state index in [-0.39, 0.29) is 35.2 Å². The number of aryl methyl sites for hydroxylation is 1. The predicted octanol–water partition coefficient (Wildman–Crippen LogP) is 1.98. The van der Waals surface area contributed by atoms with Crippen LogP contribution >= 0.6 is 11.6 Å². The molecular weight excluding hydrogens is 272 g/mol. The Balaban J connectivity index is 3.38. The molecule has 0 spiro atoms. The van der Waals surface area contributed by atoms with Crippen molar-refractivity contribution in [2.75, 3.05) is 18.9 Å². The number of nitrogens with two attached hydrogens (primary N) is 1. The van der Waals surface area contributed by atoms with Gasteiger partial charge in [0.2, 0.25) is 0 Å². The Morgan fingerprint density at radius 2 is 1.74 bits per heavy atom. The molecule has 0 unspecified atom stereocenters. The lowest BCUT2D eigenvalue weighted by molar-refractivity contribution is 0.0519. The highest BCUT2D eigenvalue weighted by molar-refractivity contribution is 6.36. The third-order valence-electron chi connectivity index (χ3n) is 2.31. The van der Waals surface area contributed by atoms with Crippen molar-refractivity contribution in [3.8, 4) is 0 Å². The highest BCUT2D eigenvalue weighted by atomic mass is 35.5. The van der Waals surface area contributed by atoms with Gasteiger partial charge in [0.15, 0.2) is 5.69 Å². The van der Waals surface area contributed by atoms with Crippen molar-refractivity contribution in [3.05, 3.63) is 22.0 Å². The number of pyridine rings is 1. The average molecular weight is 287 g/mol. The lowest BCUT2D eigenvalue weighted by Gasteiger charge is -2.12. The fourth-order valence-corrected chi connectivity index (χ4v) is 1.73. The summed E-state index contributed by atoms with van der Waals surface area (Å²) >= 11 is 6.00. The summed E-state index contributed by atoms with van der Waals surface area (Å²) in [5, 5.41) is -0.153. The van der Waals surface area contributed by atoms with Gasteiger partial charge in [0.1, 0.15) is 5.56 Å². The van der Waals surface area contributed by atoms with Crippen molar-refractivity contribution in [3.63, 3.8) is 0 Å². The number of anilines is 1. The standard InChI is InChI=1S/C12H15ClN2O4/c1-4-18-11(16)7-8(13)10(12(17)19-5-2)15-6(3)9(7)14/h4-5,14H2,1-3H3. The number of nitrogen functional groups attached to an aromatic ring is 1. The van der Waals surface area contributed by atoms with E-state index in [1.54, 1.807) is 20.8 Å². The average Bonchev–Trinajstić information content (AvgIpc) is 2.34. The summed E-state index contributed by atoms with van der Waals surface area (Å²) in [6.45, 7) is 5.22. The summed E-state index contributed by atoms with van der Waals surface area (Å²) in [5.41, 5.74) is 5.97. The molecule has 104 valence electrons. The first-order valence-corrected chi connectivity index (χ1v) is 6.11. The van der Waals surface area contributed by atoms with Gasteiger partial charge < -0.3 is 15.2 Å². The van der Waals surface area contributed by atoms with Gasteiger partial charge in [-0.1, -0.05) is 11.6 Å². The van der Waals surface area contributed by atoms with E-state index in [9.17, 15) is 9.59 Å². The molecule has 0 saturated heterocycles. The Morgan fingerprint density at radius 3 is 2.26 bits per heavy atom. The zero-order valence-electron chi connectivity index (χ0n) is 10.9. The quantitative estimate of drug-likeness (QED) is 0.851. The Labute approximate surface area is 115 Å². The van der Waals surface area contributed by atoms with Gasteiger partial charge in [0.05, 0.1) is 29.6 Å². The molecule has 1 aromatic heterocycles. The zero-order chi connectivity index (χ0) is 14.6. The SMILES string of the molecule is CCOC(=O)c1nc(C)c(N)c(C(=O)OCC)c1Cl. The fraction of sp³-hybridized carbons (Fsp3) is 0.417. The van der Waals surface area contributed by atoms with Crippen LogP contribution in [0.15, 0.2) is 0 Å². The second kappa shape index (κ2) is 6.38. The van der Waals surface area contributed by atoms with E-state index in [0.717, 1.165) is 0 Å². The molecule has 0 aliphatic heterocycles. The number of carbonyl (C=O) groups excluding carboxylic acids is 2. The Bertz CT molecular complexity index is 517. The summed E-state index contributed by atoms with van der Waals surface area (Å²) in [7, 11) is 0. The maximum Gasteiger partial charge on any atom is 0.358 e. The lowest BCUT2D eigenvalue weighted by Crippen LogP contribution is -2.16. The van der Waals surface area contributed by atoms with Crippen LogP contribution in [0.25, 0.3) is 0 Å². The molecule has 0 aromatic carbocycles. The van der Waals surface area contributed by atoms with Gasteiger partial charge in [0, 0.05) is 0 Å². The van der Waals surface area contributed by atoms with Crippen LogP contribution < -0.4 is 5.73 Å². The lowest BCUT2D eigenvalue weighted by atomic mass is 10.1. The minimum absolute atomic E-state index is 0.0564. The molecule has 0 aliphatic rings. The second-order valence-electron chi connectivity index (χ2n) is 3.59. The van der Waals surface area contributed by atoms with Crippen LogP contribution in [0.4, 0.5) is 5.69 Å². The van der Waals surface area contributed by atoms with Crippen molar-refractivity contribution >= 4 is 29.2 Å². The van der Waals surface area contributed by atoms with Crippen LogP contribution in [0.3, 0.4) is 0 Å². The number of hydrogen-bond acceptors (Lipinski definition) is 6. The van der Waals surface area contributed by atoms with E-state index in [2.05, 4.69) is 4.98 Å². The normalized spacial score (nSPS) is 10.1. The molecule has 0 saturated carbocycles. The molecule has 0 aliphatic carbocycles. The molecule has 19 heavy (non-hydrogen) atoms. The van der Waals surface area contributed by atoms with E-state index in [4.69, 9.17) is 26.8 Å². The fourth-order valence-electron chi connectivity index (χ4n) is 1.43. The molecule has 0 atom stereocenters. The van der Waals surface area contributed by atoms with Crippen LogP contribution in [0.1, 0.15) is 40.4 Å². The molecule has 0 radical (unpaired) electrons. The first-order valence-electron chi connectivity index (χ1n) is 5.73. The topological polar surface area (TPSA) is 91.5 Å². The van der Waals surface area contributed by atoms with E-state index in [0.29, 0.717) is 5.69 Å². The zero-order valence-corrected chi connectivity index (χ0v) is 11.7. The number of nitrogens with zero attached hydrogens (tertiary/aromatic N) is 1. The Kier molecular flexibility index (Phi) is 5.11. The van der Waals surface area contributed by atoms with Gasteiger partial charge in [-0.15, -0.1) is 0 Å². The number of aromatic nitrogens is 1. The number of hydrogen-bond donors (Lipinski definition) is 1. The van der Waals surface area contributed by atoms with Gasteiger partial charge in [0.25, 0.3) is 0 Å². The maximum absolute atomic E-state index is 11.8. The molecule has 1 aromatic rings. The number of halogens is 1. The molecule has 1 rings (SSSR count). The summed E-state index contributed by atoms with van der Waals surface area (Å²) in [5.74, 6) is -1.40. The van der Waals surface area contributed by atoms with Crippen LogP contribution in [-0.4, -0.2) is 30.1 Å². The highest BCUT2D eigenvalue weighted by Gasteiger charge is 2.25. The van der Waals surface area contributed by atoms with Gasteiger partial charge >= 0.3 is 11.9 Å². The molecule has 0 fully saturated rings. The summed E-state index contributed by atoms with van der Waals surface area (Å²) in [6.07, 6.45) is 0. The molecule has 0 bridgehead atoms. The third kappa shape index (κ3) is 3.14. The van der Waals surface area contributed by atoms with Gasteiger partial charge in [-0.3, -0.25) is 0 Å². The molecule has 6 nitrogen and oxygen atoms in total.